The van der Waals surface area contributed by atoms with Crippen LogP contribution in [0.5, 0.6) is 0 Å². The summed E-state index contributed by atoms with van der Waals surface area (Å²) in [5, 5.41) is 22.5. The van der Waals surface area contributed by atoms with E-state index in [1.165, 1.54) is 22.5 Å². The minimum atomic E-state index is -1.03. The van der Waals surface area contributed by atoms with E-state index in [2.05, 4.69) is 59.5 Å². The molecule has 5 aliphatic carbocycles. The summed E-state index contributed by atoms with van der Waals surface area (Å²) in [7, 11) is 0. The van der Waals surface area contributed by atoms with Gasteiger partial charge in [-0.2, -0.15) is 0 Å². The Balaban J connectivity index is 1.32. The van der Waals surface area contributed by atoms with Gasteiger partial charge in [-0.3, -0.25) is 4.79 Å². The largest absolute Gasteiger partial charge is 0.480 e. The summed E-state index contributed by atoms with van der Waals surface area (Å²) in [5.41, 5.74) is 9.74. The summed E-state index contributed by atoms with van der Waals surface area (Å²) in [6.07, 6.45) is 12.0. The monoisotopic (exact) mass is 673 g/mol. The molecular weight excluding hydrogens is 614 g/mol. The number of carbonyl (C=O) groups is 3. The molecule has 0 aliphatic heterocycles. The van der Waals surface area contributed by atoms with Gasteiger partial charge in [-0.1, -0.05) is 65.0 Å². The quantitative estimate of drug-likeness (QED) is 0.208. The maximum Gasteiger partial charge on any atom is 0.335 e. The van der Waals surface area contributed by atoms with Gasteiger partial charge in [-0.05, 0) is 139 Å². The first-order valence-corrected chi connectivity index (χ1v) is 18.6. The number of aliphatic carboxylic acids is 1. The number of benzene rings is 1. The van der Waals surface area contributed by atoms with Gasteiger partial charge >= 0.3 is 18.0 Å². The lowest BCUT2D eigenvalue weighted by atomic mass is 9.33. The van der Waals surface area contributed by atoms with Gasteiger partial charge < -0.3 is 26.2 Å². The number of urea groups is 1. The van der Waals surface area contributed by atoms with E-state index in [4.69, 9.17) is 5.73 Å². The lowest BCUT2D eigenvalue weighted by Gasteiger charge is -2.72. The van der Waals surface area contributed by atoms with Crippen molar-refractivity contribution in [1.29, 1.82) is 0 Å². The van der Waals surface area contributed by atoms with Gasteiger partial charge in [0.2, 0.25) is 0 Å². The van der Waals surface area contributed by atoms with E-state index in [-0.39, 0.29) is 58.8 Å². The first-order valence-electron chi connectivity index (χ1n) is 18.6. The van der Waals surface area contributed by atoms with E-state index < -0.39 is 11.9 Å². The summed E-state index contributed by atoms with van der Waals surface area (Å²) >= 11 is 0. The molecule has 2 amide bonds. The number of rotatable bonds is 8. The summed E-state index contributed by atoms with van der Waals surface area (Å²) in [5.74, 6) is 0.178. The van der Waals surface area contributed by atoms with Gasteiger partial charge in [0.15, 0.2) is 0 Å². The third-order valence-electron chi connectivity index (χ3n) is 15.5. The summed E-state index contributed by atoms with van der Waals surface area (Å²) < 4.78 is 0. The van der Waals surface area contributed by atoms with Crippen molar-refractivity contribution in [3.63, 3.8) is 0 Å². The molecule has 5 N–H and O–H groups in total. The topological polar surface area (TPSA) is 133 Å². The third-order valence-corrected chi connectivity index (χ3v) is 15.5. The van der Waals surface area contributed by atoms with Crippen LogP contribution < -0.4 is 11.1 Å². The predicted molar refractivity (Wildman–Crippen MR) is 193 cm³/mol. The molecule has 0 aromatic heterocycles. The number of carboxylic acid groups (broad SMARTS) is 2. The lowest BCUT2D eigenvalue weighted by Crippen LogP contribution is -2.69. The SMILES string of the molecule is C=C(C)C1CCC2(NC(=O)N(CCN)CC(=O)O)CCC3(C)C(CCC4C5(C)CC=C(c6ccc(C(=O)O)cc6)C(C)(C)C5CCC43C)C12. The lowest BCUT2D eigenvalue weighted by molar-refractivity contribution is -0.218. The fourth-order valence-corrected chi connectivity index (χ4v) is 13.1. The van der Waals surface area contributed by atoms with Gasteiger partial charge in [0.05, 0.1) is 5.56 Å². The van der Waals surface area contributed by atoms with Crippen molar-refractivity contribution in [3.05, 3.63) is 53.6 Å². The third kappa shape index (κ3) is 5.37. The van der Waals surface area contributed by atoms with Crippen LogP contribution in [0.4, 0.5) is 4.79 Å². The molecule has 268 valence electrons. The number of nitrogens with one attached hydrogen (secondary N) is 1. The maximum atomic E-state index is 13.8. The number of fused-ring (bicyclic) bond motifs is 7. The van der Waals surface area contributed by atoms with Crippen molar-refractivity contribution in [2.75, 3.05) is 19.6 Å². The van der Waals surface area contributed by atoms with Crippen molar-refractivity contribution in [2.45, 2.75) is 105 Å². The van der Waals surface area contributed by atoms with Crippen molar-refractivity contribution in [1.82, 2.24) is 10.2 Å². The average molecular weight is 674 g/mol. The van der Waals surface area contributed by atoms with Gasteiger partial charge in [-0.15, -0.1) is 0 Å². The highest BCUT2D eigenvalue weighted by molar-refractivity contribution is 5.88. The second-order valence-electron chi connectivity index (χ2n) is 17.8. The number of amides is 2. The molecular formula is C41H59N3O5. The smallest absolute Gasteiger partial charge is 0.335 e. The molecule has 0 bridgehead atoms. The number of hydrogen-bond donors (Lipinski definition) is 4. The Morgan fingerprint density at radius 1 is 0.918 bits per heavy atom. The van der Waals surface area contributed by atoms with Crippen LogP contribution >= 0.6 is 0 Å². The Morgan fingerprint density at radius 2 is 1.61 bits per heavy atom. The Hall–Kier alpha value is -3.13. The number of hydrogen-bond acceptors (Lipinski definition) is 4. The van der Waals surface area contributed by atoms with E-state index in [1.54, 1.807) is 12.1 Å². The molecule has 1 aromatic rings. The van der Waals surface area contributed by atoms with Gasteiger partial charge in [0.25, 0.3) is 0 Å². The van der Waals surface area contributed by atoms with Crippen LogP contribution in [-0.2, 0) is 4.79 Å². The fraction of sp³-hybridized carbons (Fsp3) is 0.683. The van der Waals surface area contributed by atoms with E-state index in [1.807, 2.05) is 12.1 Å². The number of nitrogens with two attached hydrogens (primary N) is 1. The van der Waals surface area contributed by atoms with Crippen LogP contribution in [0.1, 0.15) is 115 Å². The van der Waals surface area contributed by atoms with Crippen molar-refractivity contribution < 1.29 is 24.6 Å². The van der Waals surface area contributed by atoms with Crippen molar-refractivity contribution in [2.24, 2.45) is 57.0 Å². The zero-order valence-electron chi connectivity index (χ0n) is 30.6. The average Bonchev–Trinajstić information content (AvgIpc) is 3.40. The van der Waals surface area contributed by atoms with E-state index >= 15 is 0 Å². The molecule has 1 aromatic carbocycles. The molecule has 9 atom stereocenters. The number of carbonyl (C=O) groups excluding carboxylic acids is 1. The molecule has 0 radical (unpaired) electrons. The molecule has 0 saturated heterocycles. The minimum Gasteiger partial charge on any atom is -0.480 e. The first-order chi connectivity index (χ1) is 22.9. The summed E-state index contributed by atoms with van der Waals surface area (Å²) in [6, 6.07) is 7.14. The molecule has 49 heavy (non-hydrogen) atoms. The molecule has 4 fully saturated rings. The Bertz CT molecular complexity index is 1550. The first kappa shape index (κ1) is 35.7. The van der Waals surface area contributed by atoms with Crippen LogP contribution in [0.15, 0.2) is 42.5 Å². The standard InChI is InChI=1S/C41H59N3O5/c1-25(2)28-14-19-41(43-36(49)44(23-22-42)24-33(45)46)21-20-39(6)30(34(28)41)12-13-32-38(5)17-15-29(26-8-10-27(11-9-26)35(47)48)37(3,4)31(38)16-18-40(32,39)7/h8-11,15,28,30-32,34H,1,12-14,16-24,42H2,2-7H3,(H,43,49)(H,45,46)(H,47,48). The minimum absolute atomic E-state index is 0.0509. The van der Waals surface area contributed by atoms with Crippen LogP contribution in [0.2, 0.25) is 0 Å². The van der Waals surface area contributed by atoms with Gasteiger partial charge in [-0.25, -0.2) is 9.59 Å². The van der Waals surface area contributed by atoms with Crippen molar-refractivity contribution >= 4 is 23.5 Å². The second kappa shape index (κ2) is 12.3. The Morgan fingerprint density at radius 3 is 2.22 bits per heavy atom. The number of aromatic carboxylic acids is 1. The zero-order valence-corrected chi connectivity index (χ0v) is 30.6. The summed E-state index contributed by atoms with van der Waals surface area (Å²) in [6.45, 7) is 19.3. The molecule has 0 heterocycles. The fourth-order valence-electron chi connectivity index (χ4n) is 13.1. The van der Waals surface area contributed by atoms with Crippen LogP contribution in [0, 0.1) is 51.2 Å². The Labute approximate surface area is 293 Å². The molecule has 5 aliphatic rings. The van der Waals surface area contributed by atoms with Crippen LogP contribution in [-0.4, -0.2) is 58.3 Å². The number of allylic oxidation sites excluding steroid dienone is 3. The number of nitrogens with zero attached hydrogens (tertiary/aromatic N) is 1. The zero-order chi connectivity index (χ0) is 35.7. The Kier molecular flexibility index (Phi) is 8.94. The van der Waals surface area contributed by atoms with E-state index in [9.17, 15) is 24.6 Å². The molecule has 6 rings (SSSR count). The van der Waals surface area contributed by atoms with Gasteiger partial charge in [0, 0.05) is 18.6 Å². The highest BCUT2D eigenvalue weighted by Gasteiger charge is 2.70. The number of carboxylic acids is 2. The van der Waals surface area contributed by atoms with Crippen LogP contribution in [0.3, 0.4) is 0 Å². The highest BCUT2D eigenvalue weighted by atomic mass is 16.4. The molecule has 8 heteroatoms. The normalized spacial score (nSPS) is 38.9. The maximum absolute atomic E-state index is 13.8. The highest BCUT2D eigenvalue weighted by Crippen LogP contribution is 2.76. The van der Waals surface area contributed by atoms with E-state index in [0.717, 1.165) is 56.9 Å². The second-order valence-corrected chi connectivity index (χ2v) is 17.8. The summed E-state index contributed by atoms with van der Waals surface area (Å²) in [4.78, 5) is 38.3. The van der Waals surface area contributed by atoms with Gasteiger partial charge in [0.1, 0.15) is 6.54 Å². The van der Waals surface area contributed by atoms with E-state index in [0.29, 0.717) is 29.2 Å². The molecule has 9 unspecified atom stereocenters. The van der Waals surface area contributed by atoms with Crippen molar-refractivity contribution in [3.8, 4) is 0 Å². The predicted octanol–water partition coefficient (Wildman–Crippen LogP) is 7.84. The van der Waals surface area contributed by atoms with Crippen LogP contribution in [0.25, 0.3) is 5.57 Å². The molecule has 4 saturated carbocycles. The molecule has 8 nitrogen and oxygen atoms in total. The molecule has 0 spiro atoms.